The van der Waals surface area contributed by atoms with Gasteiger partial charge in [0.1, 0.15) is 0 Å². The molecular formula is C29H19Cl2NO. The zero-order chi connectivity index (χ0) is 22.8. The third-order valence-corrected chi connectivity index (χ3v) is 6.15. The number of hydrogen-bond donors (Lipinski definition) is 0. The number of halogens is 2. The monoisotopic (exact) mass is 467 g/mol. The highest BCUT2D eigenvalue weighted by Crippen LogP contribution is 2.39. The summed E-state index contributed by atoms with van der Waals surface area (Å²) in [6.45, 7) is 0. The van der Waals surface area contributed by atoms with Crippen LogP contribution in [0.5, 0.6) is 5.75 Å². The van der Waals surface area contributed by atoms with Crippen molar-refractivity contribution in [3.63, 3.8) is 0 Å². The van der Waals surface area contributed by atoms with Gasteiger partial charge < -0.3 is 5.11 Å². The number of hydrogen-bond acceptors (Lipinski definition) is 1. The van der Waals surface area contributed by atoms with Gasteiger partial charge in [-0.2, -0.15) is 4.57 Å². The zero-order valence-electron chi connectivity index (χ0n) is 17.6. The van der Waals surface area contributed by atoms with Crippen LogP contribution in [-0.2, 0) is 0 Å². The van der Waals surface area contributed by atoms with Crippen LogP contribution in [0, 0.1) is 0 Å². The highest BCUT2D eigenvalue weighted by molar-refractivity contribution is 6.37. The first-order valence-corrected chi connectivity index (χ1v) is 11.3. The maximum absolute atomic E-state index is 12.2. The van der Waals surface area contributed by atoms with Gasteiger partial charge in [-0.15, -0.1) is 0 Å². The minimum atomic E-state index is -0.367. The predicted molar refractivity (Wildman–Crippen MR) is 134 cm³/mol. The van der Waals surface area contributed by atoms with Crippen molar-refractivity contribution in [1.29, 1.82) is 0 Å². The normalized spacial score (nSPS) is 10.8. The zero-order valence-corrected chi connectivity index (χ0v) is 19.1. The summed E-state index contributed by atoms with van der Waals surface area (Å²) in [6.07, 6.45) is 2.00. The van der Waals surface area contributed by atoms with Crippen LogP contribution < -0.4 is 9.67 Å². The molecule has 0 unspecified atom stereocenters. The van der Waals surface area contributed by atoms with Crippen molar-refractivity contribution >= 4 is 23.2 Å². The number of nitrogens with zero attached hydrogens (tertiary/aromatic N) is 1. The Morgan fingerprint density at radius 1 is 0.576 bits per heavy atom. The summed E-state index contributed by atoms with van der Waals surface area (Å²) >= 11 is 12.5. The third-order valence-electron chi connectivity index (χ3n) is 5.59. The van der Waals surface area contributed by atoms with Crippen molar-refractivity contribution in [2.75, 3.05) is 0 Å². The lowest BCUT2D eigenvalue weighted by molar-refractivity contribution is -0.583. The Morgan fingerprint density at radius 2 is 1.06 bits per heavy atom. The largest absolute Gasteiger partial charge is 0.870 e. The lowest BCUT2D eigenvalue weighted by atomic mass is 9.90. The summed E-state index contributed by atoms with van der Waals surface area (Å²) in [5.41, 5.74) is 7.12. The topological polar surface area (TPSA) is 26.9 Å². The maximum atomic E-state index is 12.2. The van der Waals surface area contributed by atoms with Crippen LogP contribution in [-0.4, -0.2) is 0 Å². The molecule has 5 aromatic rings. The fourth-order valence-corrected chi connectivity index (χ4v) is 4.57. The van der Waals surface area contributed by atoms with E-state index < -0.39 is 0 Å². The maximum Gasteiger partial charge on any atom is 0.226 e. The quantitative estimate of drug-likeness (QED) is 0.254. The molecule has 0 bridgehead atoms. The number of aromatic nitrogens is 1. The summed E-state index contributed by atoms with van der Waals surface area (Å²) < 4.78 is 2.04. The first-order chi connectivity index (χ1) is 16.1. The Balaban J connectivity index is 1.91. The van der Waals surface area contributed by atoms with E-state index in [1.54, 1.807) is 12.1 Å². The fourth-order valence-electron chi connectivity index (χ4n) is 4.09. The molecule has 5 rings (SSSR count). The summed E-state index contributed by atoms with van der Waals surface area (Å²) in [6, 6.07) is 36.3. The van der Waals surface area contributed by atoms with Crippen LogP contribution in [0.3, 0.4) is 0 Å². The molecule has 0 saturated carbocycles. The molecule has 0 fully saturated rings. The van der Waals surface area contributed by atoms with E-state index in [-0.39, 0.29) is 15.8 Å². The number of benzene rings is 4. The summed E-state index contributed by atoms with van der Waals surface area (Å²) in [4.78, 5) is 0. The van der Waals surface area contributed by atoms with Crippen LogP contribution in [0.1, 0.15) is 0 Å². The molecule has 1 heterocycles. The van der Waals surface area contributed by atoms with Crippen LogP contribution >= 0.6 is 23.2 Å². The van der Waals surface area contributed by atoms with Gasteiger partial charge in [0.2, 0.25) is 11.4 Å². The summed E-state index contributed by atoms with van der Waals surface area (Å²) in [7, 11) is 0. The molecule has 33 heavy (non-hydrogen) atoms. The van der Waals surface area contributed by atoms with Gasteiger partial charge in [0.15, 0.2) is 6.20 Å². The van der Waals surface area contributed by atoms with Crippen LogP contribution in [0.25, 0.3) is 39.2 Å². The van der Waals surface area contributed by atoms with Crippen LogP contribution in [0.4, 0.5) is 0 Å². The molecule has 2 nitrogen and oxygen atoms in total. The molecule has 0 aliphatic heterocycles. The lowest BCUT2D eigenvalue weighted by Gasteiger charge is -2.16. The lowest BCUT2D eigenvalue weighted by Crippen LogP contribution is -2.34. The van der Waals surface area contributed by atoms with Crippen molar-refractivity contribution in [2.45, 2.75) is 0 Å². The van der Waals surface area contributed by atoms with E-state index >= 15 is 0 Å². The highest BCUT2D eigenvalue weighted by atomic mass is 35.5. The Labute approximate surface area is 202 Å². The van der Waals surface area contributed by atoms with Crippen LogP contribution in [0.15, 0.2) is 115 Å². The van der Waals surface area contributed by atoms with Crippen molar-refractivity contribution in [1.82, 2.24) is 0 Å². The molecular weight excluding hydrogens is 449 g/mol. The molecule has 0 amide bonds. The van der Waals surface area contributed by atoms with E-state index in [4.69, 9.17) is 23.2 Å². The van der Waals surface area contributed by atoms with E-state index in [1.807, 2.05) is 65.4 Å². The molecule has 0 spiro atoms. The highest BCUT2D eigenvalue weighted by Gasteiger charge is 2.26. The second-order valence-corrected chi connectivity index (χ2v) is 8.47. The smallest absolute Gasteiger partial charge is 0.226 e. The Morgan fingerprint density at radius 3 is 1.61 bits per heavy atom. The van der Waals surface area contributed by atoms with Crippen molar-refractivity contribution in [3.05, 3.63) is 125 Å². The minimum absolute atomic E-state index is 0.0948. The van der Waals surface area contributed by atoms with Crippen molar-refractivity contribution in [3.8, 4) is 44.9 Å². The Kier molecular flexibility index (Phi) is 5.87. The van der Waals surface area contributed by atoms with Gasteiger partial charge >= 0.3 is 0 Å². The average Bonchev–Trinajstić information content (AvgIpc) is 2.87. The standard InChI is InChI=1S/C29H19Cl2NO/c30-25-18-23(19-26(31)29(25)33)32-17-16-24(20-10-4-1-5-11-20)27(21-12-6-2-7-13-21)28(32)22-14-8-3-9-15-22/h1-19H. The molecule has 0 atom stereocenters. The molecule has 0 N–H and O–H groups in total. The van der Waals surface area contributed by atoms with Gasteiger partial charge in [0.05, 0.1) is 5.56 Å². The third kappa shape index (κ3) is 4.11. The van der Waals surface area contributed by atoms with E-state index in [9.17, 15) is 5.11 Å². The van der Waals surface area contributed by atoms with Crippen molar-refractivity contribution in [2.24, 2.45) is 0 Å². The van der Waals surface area contributed by atoms with Crippen LogP contribution in [0.2, 0.25) is 10.0 Å². The predicted octanol–water partition coefficient (Wildman–Crippen LogP) is 7.34. The first-order valence-electron chi connectivity index (χ1n) is 10.5. The summed E-state index contributed by atoms with van der Waals surface area (Å²) in [5.74, 6) is -0.367. The molecule has 160 valence electrons. The van der Waals surface area contributed by atoms with Gasteiger partial charge in [0.25, 0.3) is 0 Å². The fraction of sp³-hybridized carbons (Fsp3) is 0. The van der Waals surface area contributed by atoms with Crippen molar-refractivity contribution < 1.29 is 9.67 Å². The second-order valence-electron chi connectivity index (χ2n) is 7.66. The minimum Gasteiger partial charge on any atom is -0.870 e. The van der Waals surface area contributed by atoms with E-state index in [2.05, 4.69) is 42.5 Å². The molecule has 0 saturated heterocycles. The second kappa shape index (κ2) is 9.11. The van der Waals surface area contributed by atoms with Gasteiger partial charge in [-0.3, -0.25) is 0 Å². The Hall–Kier alpha value is -3.59. The van der Waals surface area contributed by atoms with Gasteiger partial charge in [-0.1, -0.05) is 108 Å². The molecule has 0 aliphatic rings. The first kappa shape index (κ1) is 21.3. The van der Waals surface area contributed by atoms with E-state index in [0.29, 0.717) is 0 Å². The number of pyridine rings is 1. The average molecular weight is 468 g/mol. The van der Waals surface area contributed by atoms with Gasteiger partial charge in [-0.25, -0.2) is 0 Å². The van der Waals surface area contributed by atoms with E-state index in [1.165, 1.54) is 0 Å². The SMILES string of the molecule is [O-]c1c(Cl)cc(-[n+]2ccc(-c3ccccc3)c(-c3ccccc3)c2-c2ccccc2)cc1Cl. The molecule has 4 heteroatoms. The molecule has 0 aliphatic carbocycles. The summed E-state index contributed by atoms with van der Waals surface area (Å²) in [5, 5.41) is 12.4. The molecule has 4 aromatic carbocycles. The molecule has 0 radical (unpaired) electrons. The Bertz CT molecular complexity index is 1400. The van der Waals surface area contributed by atoms with E-state index in [0.717, 1.165) is 39.2 Å². The number of rotatable bonds is 4. The molecule has 1 aromatic heterocycles. The van der Waals surface area contributed by atoms with Gasteiger partial charge in [0, 0.05) is 39.4 Å². The van der Waals surface area contributed by atoms with Gasteiger partial charge in [-0.05, 0) is 23.3 Å².